The third-order valence-corrected chi connectivity index (χ3v) is 4.61. The lowest BCUT2D eigenvalue weighted by Gasteiger charge is -2.12. The largest absolute Gasteiger partial charge is 0.434 e. The first kappa shape index (κ1) is 19.6. The van der Waals surface area contributed by atoms with Crippen LogP contribution < -0.4 is 21.5 Å². The van der Waals surface area contributed by atoms with Crippen LogP contribution in [0, 0.1) is 0 Å². The molecule has 2 aromatic carbocycles. The standard InChI is InChI=1S/C18H9Cl2N5O5/c19-11-5-8(25-18(29)21-16(28)13(7-26)24-25)6-12(20)14(11)30-17-10-4-2-1-3-9(10)15(27)22-23-17/h1-7H,(H,22,27)(H,21,28,29). The Balaban J connectivity index is 1.82. The molecular weight excluding hydrogens is 437 g/mol. The lowest BCUT2D eigenvalue weighted by atomic mass is 10.2. The molecule has 0 saturated carbocycles. The average Bonchev–Trinajstić information content (AvgIpc) is 2.72. The van der Waals surface area contributed by atoms with Crippen molar-refractivity contribution in [3.8, 4) is 17.3 Å². The second-order valence-corrected chi connectivity index (χ2v) is 6.73. The van der Waals surface area contributed by atoms with Gasteiger partial charge in [-0.15, -0.1) is 5.10 Å². The van der Waals surface area contributed by atoms with Gasteiger partial charge in [0, 0.05) is 0 Å². The Bertz CT molecular complexity index is 1470. The number of hydrogen-bond acceptors (Lipinski definition) is 7. The normalized spacial score (nSPS) is 10.9. The van der Waals surface area contributed by atoms with Crippen molar-refractivity contribution in [2.24, 2.45) is 0 Å². The number of nitrogens with zero attached hydrogens (tertiary/aromatic N) is 3. The zero-order valence-electron chi connectivity index (χ0n) is 14.7. The minimum Gasteiger partial charge on any atom is -0.434 e. The Labute approximate surface area is 175 Å². The maximum Gasteiger partial charge on any atom is 0.349 e. The molecule has 150 valence electrons. The number of aldehydes is 1. The Morgan fingerprint density at radius 2 is 1.67 bits per heavy atom. The summed E-state index contributed by atoms with van der Waals surface area (Å²) in [7, 11) is 0. The number of fused-ring (bicyclic) bond motifs is 1. The third kappa shape index (κ3) is 3.38. The first-order valence-electron chi connectivity index (χ1n) is 8.22. The maximum absolute atomic E-state index is 12.1. The van der Waals surface area contributed by atoms with Crippen LogP contribution in [-0.4, -0.2) is 31.2 Å². The number of aromatic nitrogens is 5. The lowest BCUT2D eigenvalue weighted by Crippen LogP contribution is -2.33. The van der Waals surface area contributed by atoms with Crippen molar-refractivity contribution in [2.75, 3.05) is 0 Å². The first-order valence-corrected chi connectivity index (χ1v) is 8.98. The van der Waals surface area contributed by atoms with Crippen LogP contribution in [0.1, 0.15) is 10.5 Å². The summed E-state index contributed by atoms with van der Waals surface area (Å²) in [6.45, 7) is 0. The molecule has 0 aliphatic carbocycles. The number of benzene rings is 2. The predicted molar refractivity (Wildman–Crippen MR) is 108 cm³/mol. The second-order valence-electron chi connectivity index (χ2n) is 5.92. The molecule has 2 N–H and O–H groups in total. The van der Waals surface area contributed by atoms with Crippen LogP contribution in [0.25, 0.3) is 16.5 Å². The summed E-state index contributed by atoms with van der Waals surface area (Å²) in [5.74, 6) is 0.0733. The van der Waals surface area contributed by atoms with Gasteiger partial charge in [0.15, 0.2) is 17.7 Å². The van der Waals surface area contributed by atoms with E-state index in [0.717, 1.165) is 4.68 Å². The Morgan fingerprint density at radius 3 is 2.33 bits per heavy atom. The van der Waals surface area contributed by atoms with Gasteiger partial charge in [-0.1, -0.05) is 35.3 Å². The fourth-order valence-electron chi connectivity index (χ4n) is 2.70. The van der Waals surface area contributed by atoms with Crippen LogP contribution in [0.2, 0.25) is 10.0 Å². The molecule has 0 fully saturated rings. The van der Waals surface area contributed by atoms with E-state index in [0.29, 0.717) is 10.8 Å². The highest BCUT2D eigenvalue weighted by atomic mass is 35.5. The van der Waals surface area contributed by atoms with E-state index in [4.69, 9.17) is 27.9 Å². The number of rotatable bonds is 4. The molecule has 2 heterocycles. The van der Waals surface area contributed by atoms with E-state index >= 15 is 0 Å². The molecule has 12 heteroatoms. The number of ether oxygens (including phenoxy) is 1. The van der Waals surface area contributed by atoms with Crippen molar-refractivity contribution in [1.82, 2.24) is 25.0 Å². The number of aromatic amines is 2. The van der Waals surface area contributed by atoms with Gasteiger partial charge in [0.1, 0.15) is 0 Å². The summed E-state index contributed by atoms with van der Waals surface area (Å²) >= 11 is 12.6. The Kier molecular flexibility index (Phi) is 4.94. The molecule has 0 atom stereocenters. The van der Waals surface area contributed by atoms with Gasteiger partial charge in [-0.25, -0.2) is 9.89 Å². The summed E-state index contributed by atoms with van der Waals surface area (Å²) in [4.78, 5) is 48.4. The highest BCUT2D eigenvalue weighted by Crippen LogP contribution is 2.38. The summed E-state index contributed by atoms with van der Waals surface area (Å²) in [5, 5.41) is 10.7. The van der Waals surface area contributed by atoms with E-state index in [9.17, 15) is 19.2 Å². The van der Waals surface area contributed by atoms with E-state index in [-0.39, 0.29) is 39.2 Å². The minimum atomic E-state index is -0.917. The van der Waals surface area contributed by atoms with Gasteiger partial charge in [-0.3, -0.25) is 19.4 Å². The average molecular weight is 446 g/mol. The molecule has 0 amide bonds. The predicted octanol–water partition coefficient (Wildman–Crippen LogP) is 2.07. The van der Waals surface area contributed by atoms with Crippen molar-refractivity contribution >= 4 is 40.3 Å². The van der Waals surface area contributed by atoms with Crippen molar-refractivity contribution in [3.05, 3.63) is 83.3 Å². The second kappa shape index (κ2) is 7.58. The van der Waals surface area contributed by atoms with E-state index in [1.807, 2.05) is 4.98 Å². The first-order chi connectivity index (χ1) is 14.4. The molecule has 2 aromatic heterocycles. The molecule has 0 unspecified atom stereocenters. The smallest absolute Gasteiger partial charge is 0.349 e. The van der Waals surface area contributed by atoms with E-state index in [1.165, 1.54) is 12.1 Å². The van der Waals surface area contributed by atoms with Gasteiger partial charge >= 0.3 is 5.69 Å². The highest BCUT2D eigenvalue weighted by molar-refractivity contribution is 6.37. The number of H-pyrrole nitrogens is 2. The molecule has 0 radical (unpaired) electrons. The molecule has 0 aliphatic heterocycles. The maximum atomic E-state index is 12.1. The van der Waals surface area contributed by atoms with E-state index in [1.54, 1.807) is 24.3 Å². The zero-order valence-corrected chi connectivity index (χ0v) is 16.2. The summed E-state index contributed by atoms with van der Waals surface area (Å²) in [6, 6.07) is 9.26. The van der Waals surface area contributed by atoms with E-state index in [2.05, 4.69) is 15.3 Å². The van der Waals surface area contributed by atoms with Crippen LogP contribution in [0.15, 0.2) is 50.8 Å². The number of carbonyl (C=O) groups excluding carboxylic acids is 1. The molecule has 0 spiro atoms. The van der Waals surface area contributed by atoms with Gasteiger partial charge in [0.05, 0.1) is 26.5 Å². The molecule has 4 aromatic rings. The molecule has 0 saturated heterocycles. The van der Waals surface area contributed by atoms with Crippen molar-refractivity contribution < 1.29 is 9.53 Å². The van der Waals surface area contributed by atoms with Crippen LogP contribution in [0.5, 0.6) is 11.6 Å². The molecular formula is C18H9Cl2N5O5. The lowest BCUT2D eigenvalue weighted by molar-refractivity contribution is 0.111. The topological polar surface area (TPSA) is 140 Å². The third-order valence-electron chi connectivity index (χ3n) is 4.05. The SMILES string of the molecule is O=Cc1nn(-c2cc(Cl)c(Oc3n[nH]c(=O)c4ccccc34)c(Cl)c2)c(=O)[nH]c1=O. The number of nitrogens with one attached hydrogen (secondary N) is 2. The molecule has 10 nitrogen and oxygen atoms in total. The fourth-order valence-corrected chi connectivity index (χ4v) is 3.25. The quantitative estimate of drug-likeness (QED) is 0.458. The van der Waals surface area contributed by atoms with Crippen LogP contribution in [0.3, 0.4) is 0 Å². The van der Waals surface area contributed by atoms with Crippen molar-refractivity contribution in [3.63, 3.8) is 0 Å². The van der Waals surface area contributed by atoms with Crippen molar-refractivity contribution in [1.29, 1.82) is 0 Å². The van der Waals surface area contributed by atoms with Crippen LogP contribution in [-0.2, 0) is 0 Å². The Hall–Kier alpha value is -3.76. The summed E-state index contributed by atoms with van der Waals surface area (Å²) < 4.78 is 6.49. The molecule has 4 rings (SSSR count). The number of carbonyl (C=O) groups is 1. The van der Waals surface area contributed by atoms with Gasteiger partial charge in [0.2, 0.25) is 5.88 Å². The fraction of sp³-hybridized carbons (Fsp3) is 0. The molecule has 30 heavy (non-hydrogen) atoms. The number of halogens is 2. The van der Waals surface area contributed by atoms with Gasteiger partial charge < -0.3 is 4.74 Å². The van der Waals surface area contributed by atoms with Gasteiger partial charge in [-0.2, -0.15) is 9.78 Å². The van der Waals surface area contributed by atoms with Crippen LogP contribution >= 0.6 is 23.2 Å². The highest BCUT2D eigenvalue weighted by Gasteiger charge is 2.17. The summed E-state index contributed by atoms with van der Waals surface area (Å²) in [6.07, 6.45) is 0.211. The summed E-state index contributed by atoms with van der Waals surface area (Å²) in [5.41, 5.74) is -2.61. The van der Waals surface area contributed by atoms with Crippen molar-refractivity contribution in [2.45, 2.75) is 0 Å². The van der Waals surface area contributed by atoms with Crippen LogP contribution in [0.4, 0.5) is 0 Å². The zero-order chi connectivity index (χ0) is 21.4. The van der Waals surface area contributed by atoms with Gasteiger partial charge in [-0.05, 0) is 24.3 Å². The minimum absolute atomic E-state index is 0.0119. The van der Waals surface area contributed by atoms with E-state index < -0.39 is 16.9 Å². The monoisotopic (exact) mass is 445 g/mol. The molecule has 0 bridgehead atoms. The Morgan fingerprint density at radius 1 is 1.00 bits per heavy atom. The number of hydrogen-bond donors (Lipinski definition) is 2. The van der Waals surface area contributed by atoms with Gasteiger partial charge in [0.25, 0.3) is 11.1 Å². The molecule has 0 aliphatic rings.